The van der Waals surface area contributed by atoms with Gasteiger partial charge in [-0.1, -0.05) is 97.0 Å². The van der Waals surface area contributed by atoms with E-state index in [2.05, 4.69) is 44.1 Å². The quantitative estimate of drug-likeness (QED) is 0.0138. The number of carboxylic acid groups (broad SMARTS) is 1. The standard InChI is InChI=1S/C57H99ClN12O18/c1-5-8-10-12-13-14-15-16-18-22-35(73)30-43(75)62-41-32-88-57(87)45(42(74)31-58)69-55(84)46(47(76)56(85)86)70-48(77)36(7-3)63-54(83)44(33(4)71)68-51(80)39(25-28-61)65-49(78)37(23-19-20-26-59)64-52(81)40(29-34(72)21-17-11-9-6-2)67-50(79)38(24-27-60)66-53(41)82/h7,33,35,37-42,44-47,71,73-74,76H,5-6,8-32,59-61H2,1-4H3,(H,62,75)(H,63,83)(H,64,81)(H,65,78)(H,66,82)(H,67,79)(H,68,80)(H,69,84)(H,70,77)(H,85,86)/b36-7+/t33-,35-,37-,38+,39-,40-,41-,42+,44-,45-,46-,47?/m0/s1. The monoisotopic (exact) mass is 1270 g/mol. The molecule has 502 valence electrons. The SMILES string of the molecule is C/C=C1/NC(=O)[C@H]([C@H](C)O)NC(=O)[C@H](CCN)NC(=O)[C@H](CCCCN)NC(=O)[C@H](CC(=O)CCCCCC)NC(=O)[C@@H](CCN)NC(=O)[C@@H](NC(=O)C[C@@H](O)CCCCCCCCCCC)COC(=O)[C@H]([C@H](O)CCl)NC(=O)[C@H](C(O)C(=O)O)NC1=O. The molecular formula is C57H99ClN12O18. The number of hydrogen-bond acceptors (Lipinski definition) is 20. The van der Waals surface area contributed by atoms with Crippen LogP contribution < -0.4 is 65.1 Å². The average molecular weight is 1280 g/mol. The topological polar surface area (TPSA) is 502 Å². The number of allylic oxidation sites excluding steroid dienone is 1. The smallest absolute Gasteiger partial charge is 0.335 e. The fraction of sp³-hybridized carbons (Fsp3) is 0.754. The number of carbonyl (C=O) groups excluding carboxylic acids is 11. The Kier molecular flexibility index (Phi) is 40.6. The highest BCUT2D eigenvalue weighted by Gasteiger charge is 2.41. The fourth-order valence-electron chi connectivity index (χ4n) is 9.13. The van der Waals surface area contributed by atoms with Crippen molar-refractivity contribution in [3.63, 3.8) is 0 Å². The van der Waals surface area contributed by atoms with Crippen LogP contribution in [-0.4, -0.2) is 201 Å². The van der Waals surface area contributed by atoms with Crippen LogP contribution in [-0.2, 0) is 62.3 Å². The van der Waals surface area contributed by atoms with Crippen LogP contribution in [0.3, 0.4) is 0 Å². The van der Waals surface area contributed by atoms with Gasteiger partial charge in [0, 0.05) is 12.8 Å². The van der Waals surface area contributed by atoms with Gasteiger partial charge in [0.05, 0.1) is 30.6 Å². The number of cyclic esters (lactones) is 1. The molecule has 1 heterocycles. The van der Waals surface area contributed by atoms with E-state index in [4.69, 9.17) is 33.5 Å². The number of unbranched alkanes of at least 4 members (excludes halogenated alkanes) is 12. The Morgan fingerprint density at radius 1 is 0.602 bits per heavy atom. The number of esters is 1. The second-order valence-electron chi connectivity index (χ2n) is 21.8. The van der Waals surface area contributed by atoms with E-state index in [0.717, 1.165) is 77.2 Å². The average Bonchev–Trinajstić information content (AvgIpc) is 1.84. The molecule has 0 bridgehead atoms. The lowest BCUT2D eigenvalue weighted by molar-refractivity contribution is -0.155. The van der Waals surface area contributed by atoms with E-state index in [1.807, 2.05) is 17.6 Å². The summed E-state index contributed by atoms with van der Waals surface area (Å²) in [6.07, 6.45) is 3.35. The van der Waals surface area contributed by atoms with E-state index in [0.29, 0.717) is 25.7 Å². The molecule has 9 amide bonds. The third-order valence-corrected chi connectivity index (χ3v) is 14.6. The molecule has 1 saturated heterocycles. The zero-order valence-electron chi connectivity index (χ0n) is 51.3. The van der Waals surface area contributed by atoms with E-state index in [1.54, 1.807) is 0 Å². The molecule has 0 aromatic heterocycles. The number of amides is 9. The third kappa shape index (κ3) is 30.7. The van der Waals surface area contributed by atoms with Crippen molar-refractivity contribution in [1.29, 1.82) is 0 Å². The Bertz CT molecular complexity index is 2280. The summed E-state index contributed by atoms with van der Waals surface area (Å²) in [4.78, 5) is 166. The summed E-state index contributed by atoms with van der Waals surface area (Å²) in [5, 5.41) is 73.5. The number of aliphatic hydroxyl groups is 4. The van der Waals surface area contributed by atoms with Crippen LogP contribution in [0.4, 0.5) is 0 Å². The minimum atomic E-state index is -2.82. The normalized spacial score (nSPS) is 23.8. The lowest BCUT2D eigenvalue weighted by Gasteiger charge is -2.29. The van der Waals surface area contributed by atoms with Gasteiger partial charge in [0.15, 0.2) is 12.1 Å². The summed E-state index contributed by atoms with van der Waals surface area (Å²) in [5.74, 6) is -16.0. The largest absolute Gasteiger partial charge is 0.479 e. The van der Waals surface area contributed by atoms with Gasteiger partial charge in [-0.3, -0.25) is 47.9 Å². The summed E-state index contributed by atoms with van der Waals surface area (Å²) < 4.78 is 5.35. The predicted molar refractivity (Wildman–Crippen MR) is 321 cm³/mol. The van der Waals surface area contributed by atoms with Gasteiger partial charge in [0.1, 0.15) is 60.4 Å². The number of aliphatic hydroxyl groups excluding tert-OH is 4. The number of rotatable bonds is 33. The molecule has 0 aliphatic carbocycles. The van der Waals surface area contributed by atoms with Crippen LogP contribution in [0.15, 0.2) is 11.8 Å². The maximum absolute atomic E-state index is 14.4. The van der Waals surface area contributed by atoms with Crippen LogP contribution in [0, 0.1) is 0 Å². The number of aliphatic carboxylic acids is 1. The minimum Gasteiger partial charge on any atom is -0.479 e. The number of nitrogens with two attached hydrogens (primary N) is 3. The number of ketones is 1. The molecule has 88 heavy (non-hydrogen) atoms. The highest BCUT2D eigenvalue weighted by Crippen LogP contribution is 2.15. The second kappa shape index (κ2) is 44.9. The van der Waals surface area contributed by atoms with Crippen molar-refractivity contribution in [3.8, 4) is 0 Å². The number of nitrogens with one attached hydrogen (secondary N) is 9. The van der Waals surface area contributed by atoms with Crippen molar-refractivity contribution in [2.45, 2.75) is 242 Å². The highest BCUT2D eigenvalue weighted by molar-refractivity contribution is 6.18. The molecule has 0 aromatic rings. The molecule has 1 aliphatic rings. The molecule has 1 rings (SSSR count). The van der Waals surface area contributed by atoms with Gasteiger partial charge in [0.25, 0.3) is 5.91 Å². The number of carboxylic acids is 1. The number of hydrogen-bond donors (Lipinski definition) is 17. The van der Waals surface area contributed by atoms with E-state index >= 15 is 0 Å². The first-order valence-corrected chi connectivity index (χ1v) is 31.1. The first kappa shape index (κ1) is 79.6. The summed E-state index contributed by atoms with van der Waals surface area (Å²) in [6, 6.07) is -15.3. The van der Waals surface area contributed by atoms with Gasteiger partial charge >= 0.3 is 11.9 Å². The van der Waals surface area contributed by atoms with Crippen LogP contribution in [0.5, 0.6) is 0 Å². The van der Waals surface area contributed by atoms with Crippen LogP contribution in [0.1, 0.15) is 169 Å². The predicted octanol–water partition coefficient (Wildman–Crippen LogP) is -2.70. The van der Waals surface area contributed by atoms with Gasteiger partial charge in [0.2, 0.25) is 47.3 Å². The number of Topliss-reactive ketones (excluding diaryl/α,β-unsaturated/α-hetero) is 1. The van der Waals surface area contributed by atoms with E-state index in [-0.39, 0.29) is 58.2 Å². The minimum absolute atomic E-state index is 0.0149. The Hall–Kier alpha value is -6.41. The zero-order chi connectivity index (χ0) is 66.3. The molecule has 1 aliphatic heterocycles. The van der Waals surface area contributed by atoms with Crippen molar-refractivity contribution < 1.29 is 87.8 Å². The maximum Gasteiger partial charge on any atom is 0.335 e. The van der Waals surface area contributed by atoms with Gasteiger partial charge in [-0.15, -0.1) is 11.6 Å². The van der Waals surface area contributed by atoms with Crippen LogP contribution in [0.25, 0.3) is 0 Å². The molecule has 20 N–H and O–H groups in total. The molecule has 0 spiro atoms. The first-order valence-electron chi connectivity index (χ1n) is 30.5. The first-order chi connectivity index (χ1) is 41.8. The van der Waals surface area contributed by atoms with E-state index in [9.17, 15) is 83.1 Å². The molecular weight excluding hydrogens is 1180 g/mol. The van der Waals surface area contributed by atoms with E-state index in [1.165, 1.54) is 6.92 Å². The number of halogens is 1. The summed E-state index contributed by atoms with van der Waals surface area (Å²) in [7, 11) is 0. The van der Waals surface area contributed by atoms with Crippen LogP contribution in [0.2, 0.25) is 0 Å². The van der Waals surface area contributed by atoms with Gasteiger partial charge < -0.3 is 95.3 Å². The summed E-state index contributed by atoms with van der Waals surface area (Å²) in [6.45, 7) is 4.78. The summed E-state index contributed by atoms with van der Waals surface area (Å²) >= 11 is 5.90. The highest BCUT2D eigenvalue weighted by atomic mass is 35.5. The van der Waals surface area contributed by atoms with Gasteiger partial charge in [-0.2, -0.15) is 0 Å². The number of ether oxygens (including phenoxy) is 1. The van der Waals surface area contributed by atoms with Gasteiger partial charge in [-0.25, -0.2) is 9.59 Å². The molecule has 30 nitrogen and oxygen atoms in total. The Morgan fingerprint density at radius 2 is 1.10 bits per heavy atom. The molecule has 31 heteroatoms. The lowest BCUT2D eigenvalue weighted by atomic mass is 10.0. The number of alkyl halides is 1. The van der Waals surface area contributed by atoms with Crippen LogP contribution >= 0.6 is 11.6 Å². The Morgan fingerprint density at radius 3 is 1.62 bits per heavy atom. The van der Waals surface area contributed by atoms with Crippen molar-refractivity contribution in [3.05, 3.63) is 11.8 Å². The molecule has 0 saturated carbocycles. The fourth-order valence-corrected chi connectivity index (χ4v) is 9.31. The van der Waals surface area contributed by atoms with Crippen molar-refractivity contribution in [1.82, 2.24) is 47.9 Å². The molecule has 0 aromatic carbocycles. The second-order valence-corrected chi connectivity index (χ2v) is 22.1. The summed E-state index contributed by atoms with van der Waals surface area (Å²) in [5.41, 5.74) is 16.7. The molecule has 1 fully saturated rings. The van der Waals surface area contributed by atoms with E-state index < -0.39 is 175 Å². The molecule has 0 radical (unpaired) electrons. The van der Waals surface area contributed by atoms with Crippen molar-refractivity contribution >= 4 is 82.5 Å². The van der Waals surface area contributed by atoms with Crippen molar-refractivity contribution in [2.24, 2.45) is 17.2 Å². The lowest BCUT2D eigenvalue weighted by Crippen LogP contribution is -2.62. The Balaban J connectivity index is 4.11. The maximum atomic E-state index is 14.4. The third-order valence-electron chi connectivity index (χ3n) is 14.3. The molecule has 1 unspecified atom stereocenters. The van der Waals surface area contributed by atoms with Gasteiger partial charge in [-0.05, 0) is 78.4 Å². The van der Waals surface area contributed by atoms with Crippen molar-refractivity contribution in [2.75, 3.05) is 32.1 Å². The number of carbonyl (C=O) groups is 12. The zero-order valence-corrected chi connectivity index (χ0v) is 52.0. The molecule has 12 atom stereocenters. The Labute approximate surface area is 519 Å².